The molecule has 0 aliphatic rings. The Morgan fingerprint density at radius 3 is 2.55 bits per heavy atom. The number of methoxy groups -OCH3 is 2. The molecule has 8 nitrogen and oxygen atoms in total. The molecule has 0 spiro atoms. The summed E-state index contributed by atoms with van der Waals surface area (Å²) in [6.45, 7) is 2.09. The third kappa shape index (κ3) is 4.57. The molecule has 3 aromatic rings. The predicted molar refractivity (Wildman–Crippen MR) is 111 cm³/mol. The Labute approximate surface area is 169 Å². The molecule has 0 unspecified atom stereocenters. The smallest absolute Gasteiger partial charge is 0.280 e. The van der Waals surface area contributed by atoms with Crippen molar-refractivity contribution in [3.63, 3.8) is 0 Å². The third-order valence-corrected chi connectivity index (χ3v) is 5.62. The average Bonchev–Trinajstić information content (AvgIpc) is 3.21. The highest BCUT2D eigenvalue weighted by molar-refractivity contribution is 7.89. The Balaban J connectivity index is 1.80. The number of nitrogens with zero attached hydrogens (tertiary/aromatic N) is 2. The Morgan fingerprint density at radius 1 is 1.14 bits per heavy atom. The van der Waals surface area contributed by atoms with E-state index in [1.165, 1.54) is 44.2 Å². The molecular formula is C20H22N4O4S. The molecule has 0 radical (unpaired) electrons. The van der Waals surface area contributed by atoms with E-state index in [1.807, 2.05) is 24.3 Å². The summed E-state index contributed by atoms with van der Waals surface area (Å²) in [5, 5.41) is 10.8. The van der Waals surface area contributed by atoms with Crippen LogP contribution in [0.4, 0.5) is 0 Å². The van der Waals surface area contributed by atoms with Gasteiger partial charge in [0.25, 0.3) is 10.0 Å². The predicted octanol–water partition coefficient (Wildman–Crippen LogP) is 2.97. The molecule has 0 saturated carbocycles. The van der Waals surface area contributed by atoms with Crippen LogP contribution >= 0.6 is 0 Å². The summed E-state index contributed by atoms with van der Waals surface area (Å²) in [6.07, 6.45) is 3.93. The Hall–Kier alpha value is -3.33. The summed E-state index contributed by atoms with van der Waals surface area (Å²) in [5.74, 6) is 0.647. The number of aryl methyl sites for hydroxylation is 1. The quantitative estimate of drug-likeness (QED) is 0.435. The van der Waals surface area contributed by atoms with Gasteiger partial charge in [-0.3, -0.25) is 5.10 Å². The second kappa shape index (κ2) is 8.78. The maximum atomic E-state index is 12.6. The highest BCUT2D eigenvalue weighted by Gasteiger charge is 2.19. The first-order valence-electron chi connectivity index (χ1n) is 8.88. The monoisotopic (exact) mass is 414 g/mol. The Kier molecular flexibility index (Phi) is 6.18. The maximum absolute atomic E-state index is 12.6. The highest BCUT2D eigenvalue weighted by Crippen LogP contribution is 2.28. The number of sulfonamides is 1. The van der Waals surface area contributed by atoms with Crippen LogP contribution in [0.15, 0.2) is 58.7 Å². The summed E-state index contributed by atoms with van der Waals surface area (Å²) in [6, 6.07) is 12.5. The van der Waals surface area contributed by atoms with Crippen LogP contribution in [0.3, 0.4) is 0 Å². The molecule has 0 atom stereocenters. The number of benzene rings is 2. The number of rotatable bonds is 8. The van der Waals surface area contributed by atoms with Crippen LogP contribution in [-0.2, 0) is 16.4 Å². The van der Waals surface area contributed by atoms with E-state index in [2.05, 4.69) is 27.1 Å². The Bertz CT molecular complexity index is 1110. The van der Waals surface area contributed by atoms with Crippen molar-refractivity contribution in [3.8, 4) is 22.8 Å². The first-order chi connectivity index (χ1) is 14.0. The number of hydrogen-bond donors (Lipinski definition) is 2. The van der Waals surface area contributed by atoms with Crippen LogP contribution in [0.25, 0.3) is 11.3 Å². The van der Waals surface area contributed by atoms with Crippen molar-refractivity contribution in [3.05, 3.63) is 59.8 Å². The van der Waals surface area contributed by atoms with Crippen LogP contribution in [-0.4, -0.2) is 39.0 Å². The lowest BCUT2D eigenvalue weighted by Crippen LogP contribution is -2.19. The van der Waals surface area contributed by atoms with Crippen molar-refractivity contribution in [2.45, 2.75) is 18.2 Å². The van der Waals surface area contributed by atoms with Crippen LogP contribution in [0.5, 0.6) is 11.5 Å². The molecule has 9 heteroatoms. The van der Waals surface area contributed by atoms with Crippen molar-refractivity contribution in [2.75, 3.05) is 14.2 Å². The van der Waals surface area contributed by atoms with Crippen LogP contribution in [0.2, 0.25) is 0 Å². The summed E-state index contributed by atoms with van der Waals surface area (Å²) >= 11 is 0. The second-order valence-corrected chi connectivity index (χ2v) is 7.75. The topological polar surface area (TPSA) is 106 Å². The highest BCUT2D eigenvalue weighted by atomic mass is 32.2. The van der Waals surface area contributed by atoms with E-state index in [9.17, 15) is 8.42 Å². The van der Waals surface area contributed by atoms with Gasteiger partial charge >= 0.3 is 0 Å². The van der Waals surface area contributed by atoms with Gasteiger partial charge in [0.15, 0.2) is 0 Å². The average molecular weight is 414 g/mol. The van der Waals surface area contributed by atoms with Crippen molar-refractivity contribution in [1.82, 2.24) is 15.0 Å². The molecule has 0 saturated heterocycles. The van der Waals surface area contributed by atoms with Crippen molar-refractivity contribution >= 4 is 16.2 Å². The zero-order valence-corrected chi connectivity index (χ0v) is 17.2. The summed E-state index contributed by atoms with van der Waals surface area (Å²) in [5.41, 5.74) is 3.56. The van der Waals surface area contributed by atoms with Gasteiger partial charge in [-0.05, 0) is 24.1 Å². The summed E-state index contributed by atoms with van der Waals surface area (Å²) in [7, 11) is -1.05. The number of ether oxygens (including phenoxy) is 2. The molecule has 0 aliphatic carbocycles. The van der Waals surface area contributed by atoms with Crippen LogP contribution in [0.1, 0.15) is 18.1 Å². The number of aromatic nitrogens is 2. The largest absolute Gasteiger partial charge is 0.497 e. The first-order valence-corrected chi connectivity index (χ1v) is 10.4. The number of hydrazone groups is 1. The fourth-order valence-electron chi connectivity index (χ4n) is 2.74. The minimum atomic E-state index is -3.93. The minimum absolute atomic E-state index is 0.0412. The van der Waals surface area contributed by atoms with E-state index in [-0.39, 0.29) is 10.6 Å². The van der Waals surface area contributed by atoms with E-state index >= 15 is 0 Å². The zero-order valence-electron chi connectivity index (χ0n) is 16.3. The molecule has 0 amide bonds. The lowest BCUT2D eigenvalue weighted by atomic mass is 10.1. The van der Waals surface area contributed by atoms with E-state index in [1.54, 1.807) is 6.20 Å². The molecule has 3 rings (SSSR count). The SMILES string of the molecule is CCc1ccc(-c2[nH]ncc2C=NNS(=O)(=O)c2ccc(OC)cc2OC)cc1. The molecule has 0 bridgehead atoms. The molecule has 152 valence electrons. The molecule has 0 fully saturated rings. The van der Waals surface area contributed by atoms with Gasteiger partial charge in [-0.25, -0.2) is 0 Å². The van der Waals surface area contributed by atoms with E-state index in [0.29, 0.717) is 11.3 Å². The van der Waals surface area contributed by atoms with E-state index in [0.717, 1.165) is 17.7 Å². The van der Waals surface area contributed by atoms with Gasteiger partial charge in [-0.15, -0.1) is 0 Å². The van der Waals surface area contributed by atoms with Crippen LogP contribution in [0, 0.1) is 0 Å². The van der Waals surface area contributed by atoms with Crippen molar-refractivity contribution in [2.24, 2.45) is 5.10 Å². The summed E-state index contributed by atoms with van der Waals surface area (Å²) < 4.78 is 35.4. The van der Waals surface area contributed by atoms with E-state index in [4.69, 9.17) is 9.47 Å². The van der Waals surface area contributed by atoms with Crippen molar-refractivity contribution < 1.29 is 17.9 Å². The zero-order chi connectivity index (χ0) is 20.9. The fraction of sp³-hybridized carbons (Fsp3) is 0.200. The molecule has 1 heterocycles. The fourth-order valence-corrected chi connectivity index (χ4v) is 3.69. The standard InChI is InChI=1S/C20H22N4O4S/c1-4-14-5-7-15(8-6-14)20-16(12-21-23-20)13-22-24-29(25,26)19-10-9-17(27-2)11-18(19)28-3/h5-13,24H,4H2,1-3H3,(H,21,23). The summed E-state index contributed by atoms with van der Waals surface area (Å²) in [4.78, 5) is 2.16. The van der Waals surface area contributed by atoms with Gasteiger partial charge in [-0.1, -0.05) is 31.2 Å². The number of aromatic amines is 1. The van der Waals surface area contributed by atoms with Gasteiger partial charge in [0.2, 0.25) is 0 Å². The van der Waals surface area contributed by atoms with Gasteiger partial charge in [0, 0.05) is 17.2 Å². The first kappa shape index (κ1) is 20.4. The second-order valence-electron chi connectivity index (χ2n) is 6.12. The lowest BCUT2D eigenvalue weighted by molar-refractivity contribution is 0.386. The molecule has 0 aliphatic heterocycles. The molecule has 2 aromatic carbocycles. The van der Waals surface area contributed by atoms with E-state index < -0.39 is 10.0 Å². The lowest BCUT2D eigenvalue weighted by Gasteiger charge is -2.10. The normalized spacial score (nSPS) is 11.6. The number of nitrogens with one attached hydrogen (secondary N) is 2. The molecule has 1 aromatic heterocycles. The van der Waals surface area contributed by atoms with Gasteiger partial charge < -0.3 is 9.47 Å². The minimum Gasteiger partial charge on any atom is -0.497 e. The van der Waals surface area contributed by atoms with Crippen molar-refractivity contribution in [1.29, 1.82) is 0 Å². The maximum Gasteiger partial charge on any atom is 0.280 e. The van der Waals surface area contributed by atoms with Gasteiger partial charge in [0.1, 0.15) is 16.4 Å². The number of H-pyrrole nitrogens is 1. The van der Waals surface area contributed by atoms with Gasteiger partial charge in [0.05, 0.1) is 32.3 Å². The molecule has 2 N–H and O–H groups in total. The third-order valence-electron chi connectivity index (χ3n) is 4.36. The molecule has 29 heavy (non-hydrogen) atoms. The van der Waals surface area contributed by atoms with Crippen LogP contribution < -0.4 is 14.3 Å². The number of hydrogen-bond acceptors (Lipinski definition) is 6. The van der Waals surface area contributed by atoms with Gasteiger partial charge in [-0.2, -0.15) is 23.4 Å². The Morgan fingerprint density at radius 2 is 1.90 bits per heavy atom. The molecular weight excluding hydrogens is 392 g/mol.